The van der Waals surface area contributed by atoms with Gasteiger partial charge in [0.2, 0.25) is 11.7 Å². The number of carbonyl (C=O) groups is 1. The second-order valence-electron chi connectivity index (χ2n) is 7.79. The van der Waals surface area contributed by atoms with Crippen molar-refractivity contribution in [2.45, 2.75) is 45.2 Å². The molecule has 30 heavy (non-hydrogen) atoms. The summed E-state index contributed by atoms with van der Waals surface area (Å²) >= 11 is 0. The Kier molecular flexibility index (Phi) is 5.48. The summed E-state index contributed by atoms with van der Waals surface area (Å²) < 4.78 is 15.4. The van der Waals surface area contributed by atoms with Crippen LogP contribution >= 0.6 is 0 Å². The molecule has 1 aliphatic heterocycles. The lowest BCUT2D eigenvalue weighted by Crippen LogP contribution is -2.43. The molecule has 1 N–H and O–H groups in total. The zero-order valence-corrected chi connectivity index (χ0v) is 17.0. The Morgan fingerprint density at radius 1 is 1.23 bits per heavy atom. The molecule has 0 aliphatic carbocycles. The Morgan fingerprint density at radius 2 is 2.00 bits per heavy atom. The average Bonchev–Trinajstić information content (AvgIpc) is 3.25. The SMILES string of the molecule is CC(C)c1nc2ccc(N3CCCC3C(=O)NCc3ccccc3)nn2c(=O)c1F. The molecule has 0 spiro atoms. The van der Waals surface area contributed by atoms with Crippen LogP contribution in [0.3, 0.4) is 0 Å². The largest absolute Gasteiger partial charge is 0.350 e. The van der Waals surface area contributed by atoms with Crippen LogP contribution in [0.4, 0.5) is 10.2 Å². The van der Waals surface area contributed by atoms with Crippen LogP contribution in [0.15, 0.2) is 47.3 Å². The number of halogens is 1. The Morgan fingerprint density at radius 3 is 2.73 bits per heavy atom. The standard InChI is InChI=1S/C22H24FN5O2/c1-14(2)20-19(23)22(30)28-17(25-20)10-11-18(26-28)27-12-6-9-16(27)21(29)24-13-15-7-4-3-5-8-15/h3-5,7-8,10-11,14,16H,6,9,12-13H2,1-2H3,(H,24,29). The lowest BCUT2D eigenvalue weighted by Gasteiger charge is -2.25. The van der Waals surface area contributed by atoms with Crippen LogP contribution in [-0.2, 0) is 11.3 Å². The van der Waals surface area contributed by atoms with Gasteiger partial charge in [-0.1, -0.05) is 44.2 Å². The smallest absolute Gasteiger partial charge is 0.310 e. The van der Waals surface area contributed by atoms with Gasteiger partial charge in [0.05, 0.1) is 5.69 Å². The van der Waals surface area contributed by atoms with Crippen LogP contribution in [0.2, 0.25) is 0 Å². The van der Waals surface area contributed by atoms with Gasteiger partial charge in [0.25, 0.3) is 0 Å². The first kappa shape index (κ1) is 20.0. The summed E-state index contributed by atoms with van der Waals surface area (Å²) in [7, 11) is 0. The molecular formula is C22H24FN5O2. The quantitative estimate of drug-likeness (QED) is 0.701. The van der Waals surface area contributed by atoms with Crippen LogP contribution in [0.1, 0.15) is 43.9 Å². The molecule has 8 heteroatoms. The van der Waals surface area contributed by atoms with Crippen LogP contribution < -0.4 is 15.8 Å². The van der Waals surface area contributed by atoms with Gasteiger partial charge in [-0.15, -0.1) is 5.10 Å². The van der Waals surface area contributed by atoms with E-state index in [9.17, 15) is 14.0 Å². The molecule has 1 aromatic carbocycles. The van der Waals surface area contributed by atoms with Gasteiger partial charge in [0, 0.05) is 13.1 Å². The molecule has 0 bridgehead atoms. The van der Waals surface area contributed by atoms with Crippen molar-refractivity contribution in [1.82, 2.24) is 19.9 Å². The summed E-state index contributed by atoms with van der Waals surface area (Å²) in [6.07, 6.45) is 1.52. The van der Waals surface area contributed by atoms with Crippen molar-refractivity contribution < 1.29 is 9.18 Å². The minimum absolute atomic E-state index is 0.0925. The van der Waals surface area contributed by atoms with Gasteiger partial charge in [-0.2, -0.15) is 8.91 Å². The number of nitrogens with zero attached hydrogens (tertiary/aromatic N) is 4. The van der Waals surface area contributed by atoms with E-state index >= 15 is 0 Å². The van der Waals surface area contributed by atoms with Crippen LogP contribution in [0.25, 0.3) is 5.65 Å². The number of nitrogens with one attached hydrogen (secondary N) is 1. The van der Waals surface area contributed by atoms with Crippen molar-refractivity contribution >= 4 is 17.4 Å². The van der Waals surface area contributed by atoms with Gasteiger partial charge in [-0.25, -0.2) is 4.98 Å². The molecule has 156 valence electrons. The summed E-state index contributed by atoms with van der Waals surface area (Å²) in [6.45, 7) is 4.65. The second-order valence-corrected chi connectivity index (χ2v) is 7.79. The lowest BCUT2D eigenvalue weighted by molar-refractivity contribution is -0.122. The van der Waals surface area contributed by atoms with E-state index in [-0.39, 0.29) is 29.2 Å². The van der Waals surface area contributed by atoms with E-state index in [1.54, 1.807) is 26.0 Å². The molecule has 1 fully saturated rings. The summed E-state index contributed by atoms with van der Waals surface area (Å²) in [4.78, 5) is 31.4. The van der Waals surface area contributed by atoms with Gasteiger partial charge in [0.1, 0.15) is 11.9 Å². The minimum atomic E-state index is -0.884. The number of aromatic nitrogens is 3. The summed E-state index contributed by atoms with van der Waals surface area (Å²) in [6, 6.07) is 12.7. The highest BCUT2D eigenvalue weighted by Gasteiger charge is 2.32. The molecule has 7 nitrogen and oxygen atoms in total. The first-order valence-corrected chi connectivity index (χ1v) is 10.1. The Bertz CT molecular complexity index is 1130. The molecule has 3 heterocycles. The highest BCUT2D eigenvalue weighted by Crippen LogP contribution is 2.24. The molecule has 1 amide bonds. The fourth-order valence-corrected chi connectivity index (χ4v) is 3.77. The number of fused-ring (bicyclic) bond motifs is 1. The molecule has 1 atom stereocenters. The molecule has 1 aliphatic rings. The number of anilines is 1. The lowest BCUT2D eigenvalue weighted by atomic mass is 10.1. The van der Waals surface area contributed by atoms with Crippen molar-refractivity contribution in [3.63, 3.8) is 0 Å². The van der Waals surface area contributed by atoms with Crippen molar-refractivity contribution in [2.24, 2.45) is 0 Å². The monoisotopic (exact) mass is 409 g/mol. The van der Waals surface area contributed by atoms with Crippen molar-refractivity contribution in [1.29, 1.82) is 0 Å². The summed E-state index contributed by atoms with van der Waals surface area (Å²) in [5.41, 5.74) is 0.620. The molecule has 0 saturated carbocycles. The van der Waals surface area contributed by atoms with Gasteiger partial charge in [-0.05, 0) is 36.5 Å². The minimum Gasteiger partial charge on any atom is -0.350 e. The van der Waals surface area contributed by atoms with Crippen molar-refractivity contribution in [2.75, 3.05) is 11.4 Å². The molecular weight excluding hydrogens is 385 g/mol. The van der Waals surface area contributed by atoms with E-state index in [0.29, 0.717) is 25.3 Å². The number of benzene rings is 1. The fourth-order valence-electron chi connectivity index (χ4n) is 3.77. The molecule has 4 rings (SSSR count). The van der Waals surface area contributed by atoms with Gasteiger partial charge < -0.3 is 10.2 Å². The Balaban J connectivity index is 1.59. The van der Waals surface area contributed by atoms with Crippen LogP contribution in [0, 0.1) is 5.82 Å². The number of hydrogen-bond acceptors (Lipinski definition) is 5. The van der Waals surface area contributed by atoms with Crippen molar-refractivity contribution in [3.8, 4) is 0 Å². The number of hydrogen-bond donors (Lipinski definition) is 1. The third-order valence-electron chi connectivity index (χ3n) is 5.35. The van der Waals surface area contributed by atoms with Crippen LogP contribution in [-0.4, -0.2) is 33.1 Å². The predicted octanol–water partition coefficient (Wildman–Crippen LogP) is 2.64. The van der Waals surface area contributed by atoms with Gasteiger partial charge in [0.15, 0.2) is 5.65 Å². The summed E-state index contributed by atoms with van der Waals surface area (Å²) in [5.74, 6) is -0.727. The molecule has 2 aromatic heterocycles. The topological polar surface area (TPSA) is 79.6 Å². The fraction of sp³-hybridized carbons (Fsp3) is 0.364. The summed E-state index contributed by atoms with van der Waals surface area (Å²) in [5, 5.41) is 7.29. The average molecular weight is 409 g/mol. The third-order valence-corrected chi connectivity index (χ3v) is 5.35. The first-order chi connectivity index (χ1) is 14.5. The van der Waals surface area contributed by atoms with Crippen molar-refractivity contribution in [3.05, 3.63) is 69.9 Å². The molecule has 1 unspecified atom stereocenters. The normalized spacial score (nSPS) is 16.4. The third kappa shape index (κ3) is 3.77. The van der Waals surface area contributed by atoms with Crippen LogP contribution in [0.5, 0.6) is 0 Å². The predicted molar refractivity (Wildman–Crippen MR) is 112 cm³/mol. The van der Waals surface area contributed by atoms with Gasteiger partial charge >= 0.3 is 5.56 Å². The highest BCUT2D eigenvalue weighted by molar-refractivity contribution is 5.85. The number of rotatable bonds is 5. The maximum absolute atomic E-state index is 14.4. The maximum Gasteiger partial charge on any atom is 0.310 e. The van der Waals surface area contributed by atoms with Gasteiger partial charge in [-0.3, -0.25) is 9.59 Å². The maximum atomic E-state index is 14.4. The molecule has 3 aromatic rings. The highest BCUT2D eigenvalue weighted by atomic mass is 19.1. The molecule has 0 radical (unpaired) electrons. The zero-order valence-electron chi connectivity index (χ0n) is 17.0. The van der Waals surface area contributed by atoms with E-state index in [1.165, 1.54) is 0 Å². The molecule has 1 saturated heterocycles. The van der Waals surface area contributed by atoms with E-state index in [0.717, 1.165) is 16.5 Å². The number of amides is 1. The van der Waals surface area contributed by atoms with E-state index in [4.69, 9.17) is 0 Å². The second kappa shape index (κ2) is 8.22. The van der Waals surface area contributed by atoms with E-state index < -0.39 is 11.4 Å². The first-order valence-electron chi connectivity index (χ1n) is 10.1. The number of carbonyl (C=O) groups excluding carboxylic acids is 1. The van der Waals surface area contributed by atoms with E-state index in [1.807, 2.05) is 35.2 Å². The Labute approximate surface area is 173 Å². The Hall–Kier alpha value is -3.29. The van der Waals surface area contributed by atoms with E-state index in [2.05, 4.69) is 15.4 Å². The zero-order chi connectivity index (χ0) is 21.3.